The standard InChI is InChI=1S/C17H20N2O/c1-11-9-13(3)16(14(4)10-11)19-17(20)18-15-8-6-5-7-12(15)2/h5-10H,1-4H3,(H2,18,19,20). The fraction of sp³-hybridized carbons (Fsp3) is 0.235. The molecule has 0 heterocycles. The molecule has 3 heteroatoms. The molecule has 2 amide bonds. The first-order valence-electron chi connectivity index (χ1n) is 6.69. The number of carbonyl (C=O) groups is 1. The third kappa shape index (κ3) is 3.18. The molecule has 0 aliphatic carbocycles. The Balaban J connectivity index is 2.15. The lowest BCUT2D eigenvalue weighted by molar-refractivity contribution is 0.262. The Morgan fingerprint density at radius 2 is 1.45 bits per heavy atom. The first-order chi connectivity index (χ1) is 9.47. The molecule has 0 radical (unpaired) electrons. The number of aryl methyl sites for hydroxylation is 4. The highest BCUT2D eigenvalue weighted by Gasteiger charge is 2.09. The number of urea groups is 1. The predicted octanol–water partition coefficient (Wildman–Crippen LogP) is 4.56. The summed E-state index contributed by atoms with van der Waals surface area (Å²) in [6, 6.07) is 11.6. The van der Waals surface area contributed by atoms with E-state index in [0.29, 0.717) is 0 Å². The first kappa shape index (κ1) is 14.1. The highest BCUT2D eigenvalue weighted by atomic mass is 16.2. The molecule has 104 valence electrons. The van der Waals surface area contributed by atoms with Gasteiger partial charge in [-0.3, -0.25) is 0 Å². The summed E-state index contributed by atoms with van der Waals surface area (Å²) in [5.74, 6) is 0. The smallest absolute Gasteiger partial charge is 0.307 e. The Kier molecular flexibility index (Phi) is 4.08. The Morgan fingerprint density at radius 3 is 2.05 bits per heavy atom. The van der Waals surface area contributed by atoms with Gasteiger partial charge in [0.05, 0.1) is 0 Å². The summed E-state index contributed by atoms with van der Waals surface area (Å²) in [7, 11) is 0. The van der Waals surface area contributed by atoms with Gasteiger partial charge < -0.3 is 10.6 Å². The summed E-state index contributed by atoms with van der Waals surface area (Å²) in [6.07, 6.45) is 0. The molecular formula is C17H20N2O. The second-order valence-corrected chi connectivity index (χ2v) is 5.17. The van der Waals surface area contributed by atoms with E-state index < -0.39 is 0 Å². The number of rotatable bonds is 2. The molecule has 2 aromatic rings. The van der Waals surface area contributed by atoms with Crippen molar-refractivity contribution < 1.29 is 4.79 Å². The maximum atomic E-state index is 12.1. The van der Waals surface area contributed by atoms with Crippen LogP contribution in [0.5, 0.6) is 0 Å². The van der Waals surface area contributed by atoms with Crippen molar-refractivity contribution in [2.75, 3.05) is 10.6 Å². The van der Waals surface area contributed by atoms with Crippen LogP contribution >= 0.6 is 0 Å². The third-order valence-corrected chi connectivity index (χ3v) is 3.31. The molecular weight excluding hydrogens is 248 g/mol. The summed E-state index contributed by atoms with van der Waals surface area (Å²) < 4.78 is 0. The van der Waals surface area contributed by atoms with E-state index in [4.69, 9.17) is 0 Å². The van der Waals surface area contributed by atoms with Gasteiger partial charge in [0.1, 0.15) is 0 Å². The van der Waals surface area contributed by atoms with E-state index in [1.165, 1.54) is 5.56 Å². The molecule has 0 bridgehead atoms. The van der Waals surface area contributed by atoms with Gasteiger partial charge in [-0.05, 0) is 50.5 Å². The fourth-order valence-corrected chi connectivity index (χ4v) is 2.36. The van der Waals surface area contributed by atoms with Crippen LogP contribution in [0.4, 0.5) is 16.2 Å². The molecule has 0 spiro atoms. The molecule has 0 aromatic heterocycles. The van der Waals surface area contributed by atoms with Gasteiger partial charge in [0, 0.05) is 11.4 Å². The summed E-state index contributed by atoms with van der Waals surface area (Å²) in [6.45, 7) is 8.03. The lowest BCUT2D eigenvalue weighted by Gasteiger charge is -2.14. The van der Waals surface area contributed by atoms with Crippen molar-refractivity contribution >= 4 is 17.4 Å². The van der Waals surface area contributed by atoms with E-state index in [9.17, 15) is 4.79 Å². The van der Waals surface area contributed by atoms with E-state index in [1.54, 1.807) is 0 Å². The van der Waals surface area contributed by atoms with E-state index in [1.807, 2.05) is 45.0 Å². The topological polar surface area (TPSA) is 41.1 Å². The summed E-state index contributed by atoms with van der Waals surface area (Å²) >= 11 is 0. The number of anilines is 2. The van der Waals surface area contributed by atoms with Gasteiger partial charge in [-0.2, -0.15) is 0 Å². The molecule has 2 rings (SSSR count). The van der Waals surface area contributed by atoms with Crippen LogP contribution < -0.4 is 10.6 Å². The van der Waals surface area contributed by atoms with Crippen LogP contribution in [0.1, 0.15) is 22.3 Å². The van der Waals surface area contributed by atoms with Gasteiger partial charge in [0.15, 0.2) is 0 Å². The second kappa shape index (κ2) is 5.78. The van der Waals surface area contributed by atoms with Crippen molar-refractivity contribution in [1.29, 1.82) is 0 Å². The number of nitrogens with one attached hydrogen (secondary N) is 2. The molecule has 0 fully saturated rings. The summed E-state index contributed by atoms with van der Waals surface area (Å²) in [4.78, 5) is 12.1. The molecule has 0 aliphatic rings. The number of amides is 2. The highest BCUT2D eigenvalue weighted by molar-refractivity contribution is 6.01. The van der Waals surface area contributed by atoms with E-state index >= 15 is 0 Å². The quantitative estimate of drug-likeness (QED) is 0.823. The lowest BCUT2D eigenvalue weighted by atomic mass is 10.1. The molecule has 0 aliphatic heterocycles. The largest absolute Gasteiger partial charge is 0.323 e. The van der Waals surface area contributed by atoms with Crippen LogP contribution in [-0.2, 0) is 0 Å². The molecule has 2 N–H and O–H groups in total. The number of hydrogen-bond donors (Lipinski definition) is 2. The number of hydrogen-bond acceptors (Lipinski definition) is 1. The summed E-state index contributed by atoms with van der Waals surface area (Å²) in [5.41, 5.74) is 6.09. The lowest BCUT2D eigenvalue weighted by Crippen LogP contribution is -2.21. The van der Waals surface area contributed by atoms with Gasteiger partial charge in [-0.25, -0.2) is 4.79 Å². The Hall–Kier alpha value is -2.29. The minimum atomic E-state index is -0.214. The van der Waals surface area contributed by atoms with Gasteiger partial charge in [-0.1, -0.05) is 35.9 Å². The van der Waals surface area contributed by atoms with Crippen LogP contribution in [-0.4, -0.2) is 6.03 Å². The Bertz CT molecular complexity index is 624. The van der Waals surface area contributed by atoms with Crippen molar-refractivity contribution in [1.82, 2.24) is 0 Å². The van der Waals surface area contributed by atoms with Crippen molar-refractivity contribution in [2.45, 2.75) is 27.7 Å². The SMILES string of the molecule is Cc1cc(C)c(NC(=O)Nc2ccccc2C)c(C)c1. The normalized spacial score (nSPS) is 10.2. The van der Waals surface area contributed by atoms with Gasteiger partial charge in [0.25, 0.3) is 0 Å². The molecule has 20 heavy (non-hydrogen) atoms. The van der Waals surface area contributed by atoms with Crippen molar-refractivity contribution in [3.8, 4) is 0 Å². The van der Waals surface area contributed by atoms with Crippen LogP contribution in [0.2, 0.25) is 0 Å². The monoisotopic (exact) mass is 268 g/mol. The minimum Gasteiger partial charge on any atom is -0.307 e. The predicted molar refractivity (Wildman–Crippen MR) is 84.5 cm³/mol. The first-order valence-corrected chi connectivity index (χ1v) is 6.69. The molecule has 0 saturated carbocycles. The fourth-order valence-electron chi connectivity index (χ4n) is 2.36. The zero-order valence-corrected chi connectivity index (χ0v) is 12.4. The van der Waals surface area contributed by atoms with Crippen molar-refractivity contribution in [3.05, 3.63) is 58.7 Å². The van der Waals surface area contributed by atoms with Crippen LogP contribution in [0, 0.1) is 27.7 Å². The van der Waals surface area contributed by atoms with E-state index in [2.05, 4.69) is 29.7 Å². The average molecular weight is 268 g/mol. The number of para-hydroxylation sites is 1. The van der Waals surface area contributed by atoms with E-state index in [0.717, 1.165) is 28.1 Å². The van der Waals surface area contributed by atoms with Gasteiger partial charge in [0.2, 0.25) is 0 Å². The maximum absolute atomic E-state index is 12.1. The van der Waals surface area contributed by atoms with Gasteiger partial charge in [-0.15, -0.1) is 0 Å². The second-order valence-electron chi connectivity index (χ2n) is 5.17. The van der Waals surface area contributed by atoms with Crippen LogP contribution in [0.15, 0.2) is 36.4 Å². The highest BCUT2D eigenvalue weighted by Crippen LogP contribution is 2.22. The average Bonchev–Trinajstić information content (AvgIpc) is 2.36. The van der Waals surface area contributed by atoms with Crippen molar-refractivity contribution in [3.63, 3.8) is 0 Å². The summed E-state index contributed by atoms with van der Waals surface area (Å²) in [5, 5.41) is 5.81. The van der Waals surface area contributed by atoms with Crippen LogP contribution in [0.3, 0.4) is 0 Å². The van der Waals surface area contributed by atoms with Gasteiger partial charge >= 0.3 is 6.03 Å². The zero-order chi connectivity index (χ0) is 14.7. The molecule has 3 nitrogen and oxygen atoms in total. The van der Waals surface area contributed by atoms with Crippen LogP contribution in [0.25, 0.3) is 0 Å². The Morgan fingerprint density at radius 1 is 0.850 bits per heavy atom. The molecule has 0 unspecified atom stereocenters. The minimum absolute atomic E-state index is 0.214. The molecule has 2 aromatic carbocycles. The zero-order valence-electron chi connectivity index (χ0n) is 12.4. The molecule has 0 saturated heterocycles. The third-order valence-electron chi connectivity index (χ3n) is 3.31. The number of benzene rings is 2. The molecule has 0 atom stereocenters. The van der Waals surface area contributed by atoms with Crippen molar-refractivity contribution in [2.24, 2.45) is 0 Å². The van der Waals surface area contributed by atoms with E-state index in [-0.39, 0.29) is 6.03 Å². The number of carbonyl (C=O) groups excluding carboxylic acids is 1. The maximum Gasteiger partial charge on any atom is 0.323 e. The Labute approximate surface area is 120 Å².